The molecule has 0 bridgehead atoms. The maximum absolute atomic E-state index is 4.06. The van der Waals surface area contributed by atoms with E-state index in [1.165, 1.54) is 0 Å². The van der Waals surface area contributed by atoms with Crippen molar-refractivity contribution in [1.29, 1.82) is 0 Å². The van der Waals surface area contributed by atoms with Crippen molar-refractivity contribution in [2.45, 2.75) is 20.3 Å². The summed E-state index contributed by atoms with van der Waals surface area (Å²) in [4.78, 5) is 4.06. The highest BCUT2D eigenvalue weighted by molar-refractivity contribution is 5.43. The van der Waals surface area contributed by atoms with Crippen molar-refractivity contribution in [3.63, 3.8) is 0 Å². The quantitative estimate of drug-likeness (QED) is 0.807. The van der Waals surface area contributed by atoms with Crippen LogP contribution in [0.5, 0.6) is 0 Å². The Labute approximate surface area is 87.7 Å². The average molecular weight is 206 g/mol. The topological polar surface area (TPSA) is 68.0 Å². The van der Waals surface area contributed by atoms with Gasteiger partial charge in [0.05, 0.1) is 12.4 Å². The molecule has 0 aliphatic heterocycles. The summed E-state index contributed by atoms with van der Waals surface area (Å²) in [7, 11) is 0. The second kappa shape index (κ2) is 4.20. The summed E-state index contributed by atoms with van der Waals surface area (Å²) in [5.41, 5.74) is 0.657. The molecule has 0 saturated carbocycles. The highest BCUT2D eigenvalue weighted by atomic mass is 15.5. The van der Waals surface area contributed by atoms with Gasteiger partial charge < -0.3 is 5.32 Å². The molecule has 0 aliphatic carbocycles. The molecule has 0 aromatic carbocycles. The molecule has 2 rings (SSSR count). The monoisotopic (exact) mass is 206 g/mol. The Bertz CT molecular complexity index is 435. The zero-order valence-electron chi connectivity index (χ0n) is 8.88. The van der Waals surface area contributed by atoms with Crippen LogP contribution < -0.4 is 5.32 Å². The van der Waals surface area contributed by atoms with E-state index < -0.39 is 0 Å². The van der Waals surface area contributed by atoms with E-state index in [-0.39, 0.29) is 0 Å². The van der Waals surface area contributed by atoms with E-state index in [1.807, 2.05) is 0 Å². The Morgan fingerprint density at radius 1 is 1.40 bits per heavy atom. The smallest absolute Gasteiger partial charge is 0.199 e. The summed E-state index contributed by atoms with van der Waals surface area (Å²) in [6.07, 6.45) is 4.47. The van der Waals surface area contributed by atoms with Gasteiger partial charge in [0.15, 0.2) is 5.65 Å². The van der Waals surface area contributed by atoms with Crippen molar-refractivity contribution in [3.8, 4) is 0 Å². The molecule has 0 aliphatic rings. The van der Waals surface area contributed by atoms with E-state index in [2.05, 4.69) is 39.7 Å². The normalized spacial score (nSPS) is 11.1. The van der Waals surface area contributed by atoms with Crippen LogP contribution in [0, 0.1) is 5.92 Å². The van der Waals surface area contributed by atoms with E-state index in [0.29, 0.717) is 11.6 Å². The number of anilines is 1. The zero-order valence-corrected chi connectivity index (χ0v) is 8.88. The zero-order chi connectivity index (χ0) is 10.7. The molecule has 2 aromatic heterocycles. The number of fused-ring (bicyclic) bond motifs is 1. The number of rotatable bonds is 4. The van der Waals surface area contributed by atoms with Gasteiger partial charge >= 0.3 is 0 Å². The lowest BCUT2D eigenvalue weighted by Crippen LogP contribution is -2.09. The molecule has 1 N–H and O–H groups in total. The van der Waals surface area contributed by atoms with Crippen LogP contribution >= 0.6 is 0 Å². The minimum atomic E-state index is 0.657. The average Bonchev–Trinajstić information content (AvgIpc) is 2.65. The van der Waals surface area contributed by atoms with Crippen LogP contribution in [0.4, 0.5) is 5.82 Å². The maximum Gasteiger partial charge on any atom is 0.199 e. The Balaban J connectivity index is 2.10. The molecule has 0 unspecified atom stereocenters. The molecular weight excluding hydrogens is 192 g/mol. The Morgan fingerprint density at radius 2 is 2.27 bits per heavy atom. The maximum atomic E-state index is 4.06. The first-order valence-corrected chi connectivity index (χ1v) is 5.03. The van der Waals surface area contributed by atoms with Gasteiger partial charge in [-0.25, -0.2) is 0 Å². The van der Waals surface area contributed by atoms with Crippen molar-refractivity contribution < 1.29 is 0 Å². The van der Waals surface area contributed by atoms with E-state index in [4.69, 9.17) is 0 Å². The fourth-order valence-electron chi connectivity index (χ4n) is 1.28. The van der Waals surface area contributed by atoms with Gasteiger partial charge in [0.1, 0.15) is 5.82 Å². The fraction of sp³-hybridized carbons (Fsp3) is 0.556. The van der Waals surface area contributed by atoms with E-state index in [1.54, 1.807) is 16.9 Å². The molecule has 0 spiro atoms. The predicted molar refractivity (Wildman–Crippen MR) is 56.5 cm³/mol. The molecule has 0 atom stereocenters. The minimum absolute atomic E-state index is 0.657. The molecule has 0 fully saturated rings. The number of nitrogens with zero attached hydrogens (tertiary/aromatic N) is 5. The molecule has 0 amide bonds. The van der Waals surface area contributed by atoms with Gasteiger partial charge in [-0.3, -0.25) is 4.98 Å². The van der Waals surface area contributed by atoms with Crippen LogP contribution in [0.2, 0.25) is 0 Å². The first kappa shape index (κ1) is 9.82. The van der Waals surface area contributed by atoms with Crippen molar-refractivity contribution in [2.75, 3.05) is 11.9 Å². The largest absolute Gasteiger partial charge is 0.369 e. The van der Waals surface area contributed by atoms with Gasteiger partial charge in [-0.2, -0.15) is 4.52 Å². The van der Waals surface area contributed by atoms with Gasteiger partial charge in [-0.15, -0.1) is 5.10 Å². The standard InChI is InChI=1S/C9H14N6/c1-7(2)3-4-11-8-5-10-6-9-12-13-14-15(8)9/h5-7,11H,3-4H2,1-2H3. The molecule has 6 heteroatoms. The Hall–Kier alpha value is -1.72. The molecule has 80 valence electrons. The number of aromatic nitrogens is 5. The highest BCUT2D eigenvalue weighted by Gasteiger charge is 2.02. The van der Waals surface area contributed by atoms with Crippen molar-refractivity contribution in [1.82, 2.24) is 25.0 Å². The second-order valence-electron chi connectivity index (χ2n) is 3.85. The summed E-state index contributed by atoms with van der Waals surface area (Å²) in [5, 5.41) is 14.5. The van der Waals surface area contributed by atoms with Crippen molar-refractivity contribution >= 4 is 11.5 Å². The molecule has 0 saturated heterocycles. The molecule has 15 heavy (non-hydrogen) atoms. The third-order valence-corrected chi connectivity index (χ3v) is 2.14. The lowest BCUT2D eigenvalue weighted by Gasteiger charge is -2.07. The van der Waals surface area contributed by atoms with Crippen LogP contribution in [0.15, 0.2) is 12.4 Å². The van der Waals surface area contributed by atoms with Crippen LogP contribution in [0.1, 0.15) is 20.3 Å². The molecular formula is C9H14N6. The molecule has 6 nitrogen and oxygen atoms in total. The predicted octanol–water partition coefficient (Wildman–Crippen LogP) is 0.977. The molecule has 2 aromatic rings. The van der Waals surface area contributed by atoms with Crippen LogP contribution in [0.3, 0.4) is 0 Å². The summed E-state index contributed by atoms with van der Waals surface area (Å²) >= 11 is 0. The van der Waals surface area contributed by atoms with Gasteiger partial charge in [0, 0.05) is 6.54 Å². The number of hydrogen-bond acceptors (Lipinski definition) is 5. The van der Waals surface area contributed by atoms with E-state index >= 15 is 0 Å². The fourth-order valence-corrected chi connectivity index (χ4v) is 1.28. The molecule has 0 radical (unpaired) electrons. The third-order valence-electron chi connectivity index (χ3n) is 2.14. The van der Waals surface area contributed by atoms with Crippen LogP contribution in [-0.4, -0.2) is 31.6 Å². The summed E-state index contributed by atoms with van der Waals surface area (Å²) in [6.45, 7) is 5.29. The second-order valence-corrected chi connectivity index (χ2v) is 3.85. The SMILES string of the molecule is CC(C)CCNc1cncc2nnnn12. The van der Waals surface area contributed by atoms with Crippen LogP contribution in [0.25, 0.3) is 5.65 Å². The number of tetrazole rings is 1. The lowest BCUT2D eigenvalue weighted by atomic mass is 10.1. The first-order chi connectivity index (χ1) is 7.27. The molecule has 2 heterocycles. The van der Waals surface area contributed by atoms with Gasteiger partial charge in [0.2, 0.25) is 0 Å². The van der Waals surface area contributed by atoms with E-state index in [9.17, 15) is 0 Å². The van der Waals surface area contributed by atoms with Gasteiger partial charge in [-0.1, -0.05) is 13.8 Å². The van der Waals surface area contributed by atoms with E-state index in [0.717, 1.165) is 18.8 Å². The highest BCUT2D eigenvalue weighted by Crippen LogP contribution is 2.07. The third kappa shape index (κ3) is 2.20. The van der Waals surface area contributed by atoms with Crippen LogP contribution in [-0.2, 0) is 0 Å². The minimum Gasteiger partial charge on any atom is -0.369 e. The lowest BCUT2D eigenvalue weighted by molar-refractivity contribution is 0.605. The summed E-state index contributed by atoms with van der Waals surface area (Å²) in [5.74, 6) is 1.51. The van der Waals surface area contributed by atoms with Crippen molar-refractivity contribution in [3.05, 3.63) is 12.4 Å². The Kier molecular flexibility index (Phi) is 2.75. The van der Waals surface area contributed by atoms with Crippen molar-refractivity contribution in [2.24, 2.45) is 5.92 Å². The number of nitrogens with one attached hydrogen (secondary N) is 1. The Morgan fingerprint density at radius 3 is 3.07 bits per heavy atom. The first-order valence-electron chi connectivity index (χ1n) is 5.03. The van der Waals surface area contributed by atoms with Gasteiger partial charge in [-0.05, 0) is 22.8 Å². The summed E-state index contributed by atoms with van der Waals surface area (Å²) in [6, 6.07) is 0. The van der Waals surface area contributed by atoms with Gasteiger partial charge in [0.25, 0.3) is 0 Å². The summed E-state index contributed by atoms with van der Waals surface area (Å²) < 4.78 is 1.65. The number of hydrogen-bond donors (Lipinski definition) is 1.